The van der Waals surface area contributed by atoms with Crippen molar-refractivity contribution in [2.75, 3.05) is 13.2 Å². The Morgan fingerprint density at radius 2 is 2.20 bits per heavy atom. The zero-order chi connectivity index (χ0) is 14.7. The molecular weight excluding hydrogens is 260 g/mol. The minimum atomic E-state index is -0.416. The number of ether oxygens (including phenoxy) is 1. The van der Waals surface area contributed by atoms with Gasteiger partial charge in [0, 0.05) is 18.0 Å². The molecule has 20 heavy (non-hydrogen) atoms. The van der Waals surface area contributed by atoms with Gasteiger partial charge in [0.05, 0.1) is 6.61 Å². The van der Waals surface area contributed by atoms with Crippen molar-refractivity contribution in [2.24, 2.45) is 0 Å². The molecule has 1 aliphatic carbocycles. The van der Waals surface area contributed by atoms with Crippen molar-refractivity contribution in [1.29, 1.82) is 0 Å². The maximum absolute atomic E-state index is 12.4. The Labute approximate surface area is 118 Å². The highest BCUT2D eigenvalue weighted by atomic mass is 16.5. The zero-order valence-electron chi connectivity index (χ0n) is 12.1. The van der Waals surface area contributed by atoms with Gasteiger partial charge >= 0.3 is 5.97 Å². The summed E-state index contributed by atoms with van der Waals surface area (Å²) in [7, 11) is 0. The fourth-order valence-electron chi connectivity index (χ4n) is 1.93. The summed E-state index contributed by atoms with van der Waals surface area (Å²) in [6.45, 7) is 5.65. The number of nitrogens with zero attached hydrogens (tertiary/aromatic N) is 2. The normalized spacial score (nSPS) is 14.4. The molecule has 1 aliphatic rings. The third-order valence-corrected chi connectivity index (χ3v) is 3.22. The number of amides is 1. The SMILES string of the molecule is CCOC(=O)CN(C(=O)c1cc(C2CC2)on1)C(C)C. The van der Waals surface area contributed by atoms with E-state index in [1.165, 1.54) is 4.90 Å². The van der Waals surface area contributed by atoms with Gasteiger partial charge in [-0.3, -0.25) is 9.59 Å². The van der Waals surface area contributed by atoms with E-state index in [0.717, 1.165) is 18.6 Å². The molecule has 0 N–H and O–H groups in total. The molecule has 6 nitrogen and oxygen atoms in total. The van der Waals surface area contributed by atoms with Gasteiger partial charge in [-0.15, -0.1) is 0 Å². The Morgan fingerprint density at radius 1 is 1.50 bits per heavy atom. The molecule has 0 radical (unpaired) electrons. The highest BCUT2D eigenvalue weighted by Crippen LogP contribution is 2.40. The van der Waals surface area contributed by atoms with E-state index in [4.69, 9.17) is 9.26 Å². The van der Waals surface area contributed by atoms with Gasteiger partial charge in [-0.25, -0.2) is 0 Å². The summed E-state index contributed by atoms with van der Waals surface area (Å²) < 4.78 is 10.1. The van der Waals surface area contributed by atoms with Crippen molar-refractivity contribution in [3.63, 3.8) is 0 Å². The van der Waals surface area contributed by atoms with Crippen molar-refractivity contribution < 1.29 is 18.8 Å². The first-order chi connectivity index (χ1) is 9.52. The molecule has 0 spiro atoms. The molecule has 2 rings (SSSR count). The number of esters is 1. The Balaban J connectivity index is 2.06. The van der Waals surface area contributed by atoms with Gasteiger partial charge < -0.3 is 14.2 Å². The minimum Gasteiger partial charge on any atom is -0.465 e. The molecule has 0 aromatic carbocycles. The van der Waals surface area contributed by atoms with Crippen LogP contribution in [0.1, 0.15) is 55.8 Å². The van der Waals surface area contributed by atoms with E-state index in [1.54, 1.807) is 13.0 Å². The van der Waals surface area contributed by atoms with Crippen LogP contribution >= 0.6 is 0 Å². The van der Waals surface area contributed by atoms with E-state index in [-0.39, 0.29) is 24.2 Å². The van der Waals surface area contributed by atoms with Crippen LogP contribution in [0.25, 0.3) is 0 Å². The highest BCUT2D eigenvalue weighted by molar-refractivity contribution is 5.94. The Hall–Kier alpha value is -1.85. The highest BCUT2D eigenvalue weighted by Gasteiger charge is 2.31. The number of aromatic nitrogens is 1. The second kappa shape index (κ2) is 6.07. The van der Waals surface area contributed by atoms with Crippen LogP contribution in [0.3, 0.4) is 0 Å². The van der Waals surface area contributed by atoms with Gasteiger partial charge in [0.2, 0.25) is 0 Å². The molecular formula is C14H20N2O4. The topological polar surface area (TPSA) is 72.6 Å². The first-order valence-electron chi connectivity index (χ1n) is 6.96. The Bertz CT molecular complexity index is 491. The molecule has 0 aliphatic heterocycles. The molecule has 6 heteroatoms. The third kappa shape index (κ3) is 3.37. The van der Waals surface area contributed by atoms with Gasteiger partial charge in [-0.05, 0) is 33.6 Å². The number of rotatable bonds is 6. The first kappa shape index (κ1) is 14.6. The number of carbonyl (C=O) groups excluding carboxylic acids is 2. The summed E-state index contributed by atoms with van der Waals surface area (Å²) in [5, 5.41) is 3.82. The lowest BCUT2D eigenvalue weighted by molar-refractivity contribution is -0.144. The molecule has 1 saturated carbocycles. The molecule has 0 bridgehead atoms. The van der Waals surface area contributed by atoms with Gasteiger partial charge in [0.15, 0.2) is 5.69 Å². The number of hydrogen-bond acceptors (Lipinski definition) is 5. The van der Waals surface area contributed by atoms with Gasteiger partial charge in [-0.1, -0.05) is 5.16 Å². The maximum atomic E-state index is 12.4. The van der Waals surface area contributed by atoms with Crippen molar-refractivity contribution in [2.45, 2.75) is 45.6 Å². The fraction of sp³-hybridized carbons (Fsp3) is 0.643. The predicted molar refractivity (Wildman–Crippen MR) is 71.3 cm³/mol. The zero-order valence-corrected chi connectivity index (χ0v) is 12.1. The molecule has 0 saturated heterocycles. The van der Waals surface area contributed by atoms with Gasteiger partial charge in [-0.2, -0.15) is 0 Å². The molecule has 1 fully saturated rings. The second-order valence-electron chi connectivity index (χ2n) is 5.22. The van der Waals surface area contributed by atoms with Crippen LogP contribution in [0.5, 0.6) is 0 Å². The lowest BCUT2D eigenvalue weighted by Crippen LogP contribution is -2.41. The minimum absolute atomic E-state index is 0.0735. The first-order valence-corrected chi connectivity index (χ1v) is 6.96. The quantitative estimate of drug-likeness (QED) is 0.745. The summed E-state index contributed by atoms with van der Waals surface area (Å²) in [6.07, 6.45) is 2.17. The number of carbonyl (C=O) groups is 2. The number of hydrogen-bond donors (Lipinski definition) is 0. The second-order valence-corrected chi connectivity index (χ2v) is 5.22. The van der Waals surface area contributed by atoms with Crippen LogP contribution in [0.2, 0.25) is 0 Å². The Kier molecular flexibility index (Phi) is 4.42. The van der Waals surface area contributed by atoms with Crippen LogP contribution in [0.4, 0.5) is 0 Å². The van der Waals surface area contributed by atoms with Crippen molar-refractivity contribution >= 4 is 11.9 Å². The lowest BCUT2D eigenvalue weighted by Gasteiger charge is -2.24. The van der Waals surface area contributed by atoms with Crippen LogP contribution in [0, 0.1) is 0 Å². The van der Waals surface area contributed by atoms with Gasteiger partial charge in [0.1, 0.15) is 12.3 Å². The third-order valence-electron chi connectivity index (χ3n) is 3.22. The lowest BCUT2D eigenvalue weighted by atomic mass is 10.2. The van der Waals surface area contributed by atoms with Crippen LogP contribution in [0.15, 0.2) is 10.6 Å². The van der Waals surface area contributed by atoms with E-state index in [1.807, 2.05) is 13.8 Å². The van der Waals surface area contributed by atoms with Crippen molar-refractivity contribution in [1.82, 2.24) is 10.1 Å². The summed E-state index contributed by atoms with van der Waals surface area (Å²) in [4.78, 5) is 25.4. The Morgan fingerprint density at radius 3 is 2.75 bits per heavy atom. The van der Waals surface area contributed by atoms with Gasteiger partial charge in [0.25, 0.3) is 5.91 Å². The maximum Gasteiger partial charge on any atom is 0.325 e. The summed E-state index contributed by atoms with van der Waals surface area (Å²) in [5.41, 5.74) is 0.255. The molecule has 1 aromatic rings. The van der Waals surface area contributed by atoms with Crippen LogP contribution < -0.4 is 0 Å². The largest absolute Gasteiger partial charge is 0.465 e. The van der Waals surface area contributed by atoms with E-state index in [2.05, 4.69) is 5.16 Å². The molecule has 1 aromatic heterocycles. The fourth-order valence-corrected chi connectivity index (χ4v) is 1.93. The molecule has 0 atom stereocenters. The van der Waals surface area contributed by atoms with Crippen molar-refractivity contribution in [3.05, 3.63) is 17.5 Å². The standard InChI is InChI=1S/C14H20N2O4/c1-4-19-13(17)8-16(9(2)3)14(18)11-7-12(20-15-11)10-5-6-10/h7,9-10H,4-6,8H2,1-3H3. The summed E-state index contributed by atoms with van der Waals surface area (Å²) in [6, 6.07) is 1.56. The smallest absolute Gasteiger partial charge is 0.325 e. The molecule has 1 amide bonds. The van der Waals surface area contributed by atoms with E-state index >= 15 is 0 Å². The van der Waals surface area contributed by atoms with E-state index in [0.29, 0.717) is 12.5 Å². The van der Waals surface area contributed by atoms with E-state index in [9.17, 15) is 9.59 Å². The van der Waals surface area contributed by atoms with Crippen LogP contribution in [-0.4, -0.2) is 41.1 Å². The van der Waals surface area contributed by atoms with Crippen LogP contribution in [-0.2, 0) is 9.53 Å². The summed E-state index contributed by atoms with van der Waals surface area (Å²) in [5.74, 6) is 0.443. The average Bonchev–Trinajstić information content (AvgIpc) is 3.13. The molecule has 0 unspecified atom stereocenters. The predicted octanol–water partition coefficient (Wildman–Crippen LogP) is 1.97. The average molecular weight is 280 g/mol. The van der Waals surface area contributed by atoms with Crippen molar-refractivity contribution in [3.8, 4) is 0 Å². The summed E-state index contributed by atoms with van der Waals surface area (Å²) >= 11 is 0. The van der Waals surface area contributed by atoms with E-state index < -0.39 is 5.97 Å². The molecule has 1 heterocycles. The molecule has 110 valence electrons. The monoisotopic (exact) mass is 280 g/mol.